The molecule has 9 nitrogen and oxygen atoms in total. The van der Waals surface area contributed by atoms with Gasteiger partial charge in [0.2, 0.25) is 0 Å². The fraction of sp³-hybridized carbons (Fsp3) is 0.550. The van der Waals surface area contributed by atoms with Crippen LogP contribution in [0.5, 0.6) is 5.75 Å². The van der Waals surface area contributed by atoms with Crippen LogP contribution in [0.25, 0.3) is 0 Å². The Balaban J connectivity index is 0.000000555. The topological polar surface area (TPSA) is 145 Å². The molecule has 0 atom stereocenters. The molecule has 0 heterocycles. The third-order valence-corrected chi connectivity index (χ3v) is 4.29. The summed E-state index contributed by atoms with van der Waals surface area (Å²) in [4.78, 5) is 32.9. The third kappa shape index (κ3) is 10.5. The van der Waals surface area contributed by atoms with Crippen molar-refractivity contribution in [2.45, 2.75) is 45.1 Å². The fourth-order valence-electron chi connectivity index (χ4n) is 2.66. The van der Waals surface area contributed by atoms with E-state index in [1.54, 1.807) is 7.11 Å². The largest absolute Gasteiger partial charge is 0.496 e. The van der Waals surface area contributed by atoms with E-state index >= 15 is 0 Å². The van der Waals surface area contributed by atoms with Crippen LogP contribution in [0, 0.1) is 0 Å². The lowest BCUT2D eigenvalue weighted by atomic mass is 9.96. The third-order valence-electron chi connectivity index (χ3n) is 4.29. The monoisotopic (exact) mass is 413 g/mol. The number of carboxylic acids is 3. The number of aliphatic carboxylic acids is 3. The van der Waals surface area contributed by atoms with Crippen molar-refractivity contribution >= 4 is 17.9 Å². The molecule has 0 spiro atoms. The van der Waals surface area contributed by atoms with Crippen molar-refractivity contribution in [1.82, 2.24) is 4.90 Å². The predicted octanol–water partition coefficient (Wildman–Crippen LogP) is 1.72. The van der Waals surface area contributed by atoms with Crippen LogP contribution in [0.1, 0.15) is 38.7 Å². The van der Waals surface area contributed by atoms with Gasteiger partial charge in [0, 0.05) is 0 Å². The van der Waals surface area contributed by atoms with Gasteiger partial charge in [0.05, 0.1) is 20.0 Å². The fourth-order valence-corrected chi connectivity index (χ4v) is 2.66. The lowest BCUT2D eigenvalue weighted by molar-refractivity contribution is -0.170. The first-order chi connectivity index (χ1) is 13.6. The molecular formula is C20H31NO8. The molecule has 0 bridgehead atoms. The Hall–Kier alpha value is -2.65. The second-order valence-electron chi connectivity index (χ2n) is 6.42. The van der Waals surface area contributed by atoms with Gasteiger partial charge in [0.1, 0.15) is 5.75 Å². The average molecular weight is 413 g/mol. The van der Waals surface area contributed by atoms with E-state index in [0.29, 0.717) is 0 Å². The maximum Gasteiger partial charge on any atom is 0.336 e. The summed E-state index contributed by atoms with van der Waals surface area (Å²) in [5.41, 5.74) is -1.42. The Morgan fingerprint density at radius 1 is 1.00 bits per heavy atom. The van der Waals surface area contributed by atoms with E-state index < -0.39 is 36.4 Å². The van der Waals surface area contributed by atoms with Crippen molar-refractivity contribution < 1.29 is 39.5 Å². The number of carboxylic acid groups (broad SMARTS) is 3. The molecule has 0 radical (unpaired) electrons. The zero-order valence-corrected chi connectivity index (χ0v) is 17.1. The maximum atomic E-state index is 10.3. The molecule has 1 aromatic carbocycles. The smallest absolute Gasteiger partial charge is 0.336 e. The second kappa shape index (κ2) is 13.5. The van der Waals surface area contributed by atoms with Crippen molar-refractivity contribution in [3.8, 4) is 5.75 Å². The molecule has 0 amide bonds. The quantitative estimate of drug-likeness (QED) is 0.402. The molecule has 0 aliphatic rings. The maximum absolute atomic E-state index is 10.3. The first kappa shape index (κ1) is 26.4. The average Bonchev–Trinajstić information content (AvgIpc) is 2.64. The number of hydrogen-bond acceptors (Lipinski definition) is 6. The Labute approximate surface area is 170 Å². The van der Waals surface area contributed by atoms with Gasteiger partial charge in [-0.15, -0.1) is 0 Å². The number of rotatable bonds is 12. The van der Waals surface area contributed by atoms with Crippen molar-refractivity contribution in [1.29, 1.82) is 0 Å². The van der Waals surface area contributed by atoms with Crippen LogP contribution in [0.2, 0.25) is 0 Å². The zero-order chi connectivity index (χ0) is 22.4. The molecule has 0 aliphatic carbocycles. The van der Waals surface area contributed by atoms with E-state index in [0.717, 1.165) is 25.3 Å². The Bertz CT molecular complexity index is 642. The number of benzene rings is 1. The Morgan fingerprint density at radius 3 is 1.93 bits per heavy atom. The van der Waals surface area contributed by atoms with Gasteiger partial charge >= 0.3 is 17.9 Å². The summed E-state index contributed by atoms with van der Waals surface area (Å²) >= 11 is 0. The Morgan fingerprint density at radius 2 is 1.52 bits per heavy atom. The summed E-state index contributed by atoms with van der Waals surface area (Å²) in [6.45, 7) is 7.88. The van der Waals surface area contributed by atoms with Crippen LogP contribution in [0.15, 0.2) is 24.3 Å². The van der Waals surface area contributed by atoms with Gasteiger partial charge in [-0.3, -0.25) is 9.59 Å². The molecule has 9 heteroatoms. The molecular weight excluding hydrogens is 382 g/mol. The van der Waals surface area contributed by atoms with Crippen molar-refractivity contribution in [2.75, 3.05) is 26.7 Å². The van der Waals surface area contributed by atoms with E-state index in [1.807, 2.05) is 12.1 Å². The van der Waals surface area contributed by atoms with Crippen LogP contribution in [-0.4, -0.2) is 75.6 Å². The Kier molecular flexibility index (Phi) is 12.3. The molecule has 1 rings (SSSR count). The van der Waals surface area contributed by atoms with Gasteiger partial charge in [-0.05, 0) is 44.1 Å². The minimum absolute atomic E-state index is 1.02. The highest BCUT2D eigenvalue weighted by Crippen LogP contribution is 2.19. The number of ether oxygens (including phenoxy) is 1. The first-order valence-electron chi connectivity index (χ1n) is 9.33. The summed E-state index contributed by atoms with van der Waals surface area (Å²) in [5.74, 6) is -4.00. The number of hydrogen-bond donors (Lipinski definition) is 4. The molecule has 164 valence electrons. The van der Waals surface area contributed by atoms with E-state index in [2.05, 4.69) is 30.9 Å². The summed E-state index contributed by atoms with van der Waals surface area (Å²) in [6.07, 6.45) is 0.00579. The SMILES string of the molecule is CCN(CC)CCCc1ccccc1OC.O=C(O)CC(O)(CC(=O)O)C(=O)O. The highest BCUT2D eigenvalue weighted by molar-refractivity contribution is 5.88. The van der Waals surface area contributed by atoms with E-state index in [1.165, 1.54) is 18.5 Å². The van der Waals surface area contributed by atoms with E-state index in [4.69, 9.17) is 25.2 Å². The minimum atomic E-state index is -2.74. The lowest BCUT2D eigenvalue weighted by Gasteiger charge is -2.18. The number of methoxy groups -OCH3 is 1. The molecule has 0 saturated heterocycles. The number of para-hydroxylation sites is 1. The van der Waals surface area contributed by atoms with Gasteiger partial charge < -0.3 is 30.1 Å². The first-order valence-corrected chi connectivity index (χ1v) is 9.33. The molecule has 29 heavy (non-hydrogen) atoms. The summed E-state index contributed by atoms with van der Waals surface area (Å²) in [7, 11) is 1.74. The predicted molar refractivity (Wildman–Crippen MR) is 106 cm³/mol. The number of aryl methyl sites for hydroxylation is 1. The van der Waals surface area contributed by atoms with Crippen LogP contribution in [0.3, 0.4) is 0 Å². The molecule has 0 aromatic heterocycles. The van der Waals surface area contributed by atoms with Gasteiger partial charge in [-0.25, -0.2) is 4.79 Å². The van der Waals surface area contributed by atoms with Gasteiger partial charge in [-0.2, -0.15) is 0 Å². The van der Waals surface area contributed by atoms with Gasteiger partial charge in [-0.1, -0.05) is 32.0 Å². The van der Waals surface area contributed by atoms with Crippen LogP contribution in [0.4, 0.5) is 0 Å². The van der Waals surface area contributed by atoms with Gasteiger partial charge in [0.15, 0.2) is 5.60 Å². The van der Waals surface area contributed by atoms with Crippen molar-refractivity contribution in [3.63, 3.8) is 0 Å². The molecule has 1 aromatic rings. The second-order valence-corrected chi connectivity index (χ2v) is 6.42. The summed E-state index contributed by atoms with van der Waals surface area (Å²) in [6, 6.07) is 8.29. The van der Waals surface area contributed by atoms with Crippen molar-refractivity contribution in [3.05, 3.63) is 29.8 Å². The van der Waals surface area contributed by atoms with Gasteiger partial charge in [0.25, 0.3) is 0 Å². The van der Waals surface area contributed by atoms with Crippen molar-refractivity contribution in [2.24, 2.45) is 0 Å². The molecule has 0 aliphatic heterocycles. The zero-order valence-electron chi connectivity index (χ0n) is 17.1. The van der Waals surface area contributed by atoms with Crippen LogP contribution < -0.4 is 4.74 Å². The summed E-state index contributed by atoms with van der Waals surface area (Å²) in [5, 5.41) is 33.8. The van der Waals surface area contributed by atoms with E-state index in [9.17, 15) is 14.4 Å². The summed E-state index contributed by atoms with van der Waals surface area (Å²) < 4.78 is 5.34. The van der Waals surface area contributed by atoms with E-state index in [-0.39, 0.29) is 0 Å². The molecule has 0 fully saturated rings. The lowest BCUT2D eigenvalue weighted by Crippen LogP contribution is -2.42. The number of carbonyl (C=O) groups is 3. The number of nitrogens with zero attached hydrogens (tertiary/aromatic N) is 1. The standard InChI is InChI=1S/C14H23NO.C6H8O7/c1-4-15(5-2)12-8-10-13-9-6-7-11-14(13)16-3;7-3(8)1-6(13,5(11)12)2-4(9)10/h6-7,9,11H,4-5,8,10,12H2,1-3H3;13H,1-2H2,(H,7,8)(H,9,10)(H,11,12). The van der Waals surface area contributed by atoms with Crippen LogP contribution in [-0.2, 0) is 20.8 Å². The molecule has 0 saturated carbocycles. The number of aliphatic hydroxyl groups is 1. The molecule has 0 unspecified atom stereocenters. The normalized spacial score (nSPS) is 10.8. The molecule has 4 N–H and O–H groups in total. The minimum Gasteiger partial charge on any atom is -0.496 e. The highest BCUT2D eigenvalue weighted by Gasteiger charge is 2.40. The highest BCUT2D eigenvalue weighted by atomic mass is 16.5. The van der Waals surface area contributed by atoms with Crippen LogP contribution >= 0.6 is 0 Å².